The second-order valence-electron chi connectivity index (χ2n) is 12.1. The highest BCUT2D eigenvalue weighted by atomic mass is 16.5. The van der Waals surface area contributed by atoms with Gasteiger partial charge in [-0.2, -0.15) is 0 Å². The molecule has 1 aliphatic rings. The van der Waals surface area contributed by atoms with Crippen LogP contribution >= 0.6 is 0 Å². The van der Waals surface area contributed by atoms with E-state index >= 15 is 0 Å². The van der Waals surface area contributed by atoms with Crippen molar-refractivity contribution in [3.05, 3.63) is 47.5 Å². The number of aliphatic hydroxyl groups is 2. The lowest BCUT2D eigenvalue weighted by Gasteiger charge is -2.37. The number of hydrogen-bond acceptors (Lipinski definition) is 4. The minimum absolute atomic E-state index is 0.145. The van der Waals surface area contributed by atoms with E-state index in [1.54, 1.807) is 27.7 Å². The van der Waals surface area contributed by atoms with Crippen molar-refractivity contribution in [2.24, 2.45) is 0 Å². The highest BCUT2D eigenvalue weighted by Crippen LogP contribution is 2.47. The highest BCUT2D eigenvalue weighted by Gasteiger charge is 2.39. The Morgan fingerprint density at radius 2 is 0.970 bits per heavy atom. The van der Waals surface area contributed by atoms with Crippen LogP contribution in [0.5, 0.6) is 0 Å². The van der Waals surface area contributed by atoms with Crippen molar-refractivity contribution in [1.82, 2.24) is 0 Å². The van der Waals surface area contributed by atoms with Gasteiger partial charge in [-0.25, -0.2) is 0 Å². The zero-order valence-electron chi connectivity index (χ0n) is 22.1. The Labute approximate surface area is 201 Å². The van der Waals surface area contributed by atoms with Crippen molar-refractivity contribution < 1.29 is 19.5 Å². The van der Waals surface area contributed by atoms with E-state index in [1.807, 2.05) is 27.7 Å². The molecule has 0 fully saturated rings. The van der Waals surface area contributed by atoms with Crippen molar-refractivity contribution in [3.63, 3.8) is 0 Å². The Bertz CT molecular complexity index is 946. The average molecular weight is 450 g/mol. The van der Waals surface area contributed by atoms with Crippen molar-refractivity contribution in [1.29, 1.82) is 0 Å². The van der Waals surface area contributed by atoms with Crippen LogP contribution < -0.4 is 10.9 Å². The molecule has 33 heavy (non-hydrogen) atoms. The lowest BCUT2D eigenvalue weighted by Crippen LogP contribution is -2.49. The van der Waals surface area contributed by atoms with Crippen LogP contribution in [0.1, 0.15) is 80.4 Å². The van der Waals surface area contributed by atoms with E-state index in [1.165, 1.54) is 22.3 Å². The first-order chi connectivity index (χ1) is 14.9. The molecule has 0 aliphatic heterocycles. The Balaban J connectivity index is 1.84. The molecule has 2 aromatic carbocycles. The SMILES string of the molecule is CC1(C)c2cc(BOC(C)(C)C(C)(C)O)ccc2-c2ccc(BOC(C)(C)C(C)(C)O)cc21. The molecule has 0 bridgehead atoms. The first kappa shape index (κ1) is 26.0. The average Bonchev–Trinajstić information content (AvgIpc) is 2.90. The first-order valence-corrected chi connectivity index (χ1v) is 11.9. The zero-order chi connectivity index (χ0) is 25.0. The maximum Gasteiger partial charge on any atom is 0.309 e. The van der Waals surface area contributed by atoms with Gasteiger partial charge in [-0.05, 0) is 77.6 Å². The van der Waals surface area contributed by atoms with Crippen LogP contribution in [0.3, 0.4) is 0 Å². The first-order valence-electron chi connectivity index (χ1n) is 11.9. The molecule has 0 unspecified atom stereocenters. The van der Waals surface area contributed by atoms with Gasteiger partial charge in [0.1, 0.15) is 0 Å². The largest absolute Gasteiger partial charge is 0.427 e. The summed E-state index contributed by atoms with van der Waals surface area (Å²) in [7, 11) is 0.892. The molecule has 0 saturated heterocycles. The summed E-state index contributed by atoms with van der Waals surface area (Å²) in [5.74, 6) is 0. The second kappa shape index (κ2) is 8.27. The Morgan fingerprint density at radius 1 is 0.636 bits per heavy atom. The third-order valence-corrected chi connectivity index (χ3v) is 7.95. The highest BCUT2D eigenvalue weighted by molar-refractivity contribution is 6.47. The third kappa shape index (κ3) is 4.95. The number of rotatable bonds is 8. The predicted molar refractivity (Wildman–Crippen MR) is 140 cm³/mol. The normalized spacial score (nSPS) is 15.8. The summed E-state index contributed by atoms with van der Waals surface area (Å²) in [6.45, 7) is 19.3. The molecule has 4 nitrogen and oxygen atoms in total. The molecule has 2 aromatic rings. The van der Waals surface area contributed by atoms with Crippen LogP contribution in [-0.2, 0) is 14.7 Å². The van der Waals surface area contributed by atoms with Crippen molar-refractivity contribution >= 4 is 25.9 Å². The van der Waals surface area contributed by atoms with E-state index in [9.17, 15) is 10.2 Å². The Kier molecular flexibility index (Phi) is 6.52. The summed E-state index contributed by atoms with van der Waals surface area (Å²) in [5.41, 5.74) is 3.96. The number of fused-ring (bicyclic) bond motifs is 3. The third-order valence-electron chi connectivity index (χ3n) is 7.95. The Hall–Kier alpha value is -1.59. The van der Waals surface area contributed by atoms with Gasteiger partial charge in [0.25, 0.3) is 0 Å². The zero-order valence-corrected chi connectivity index (χ0v) is 22.1. The molecular formula is C27H40B2O4. The lowest BCUT2D eigenvalue weighted by atomic mass is 9.76. The van der Waals surface area contributed by atoms with Crippen molar-refractivity contribution in [2.45, 2.75) is 97.1 Å². The van der Waals surface area contributed by atoms with E-state index in [4.69, 9.17) is 9.31 Å². The van der Waals surface area contributed by atoms with E-state index in [0.29, 0.717) is 15.0 Å². The van der Waals surface area contributed by atoms with Gasteiger partial charge in [0.2, 0.25) is 0 Å². The van der Waals surface area contributed by atoms with Crippen LogP contribution in [0.4, 0.5) is 0 Å². The second-order valence-corrected chi connectivity index (χ2v) is 12.1. The molecule has 0 heterocycles. The maximum atomic E-state index is 10.4. The fourth-order valence-corrected chi connectivity index (χ4v) is 3.89. The standard InChI is InChI=1S/C27H40B2O4/c1-23(2)21-15-17(28-32-26(7,8)24(3,4)30)11-13-19(21)20-14-12-18(16-22(20)23)29-33-27(9,10)25(5,6)31/h11-16,28-31H,1-10H3. The van der Waals surface area contributed by atoms with Crippen LogP contribution in [0.2, 0.25) is 0 Å². The molecule has 6 heteroatoms. The van der Waals surface area contributed by atoms with Gasteiger partial charge in [0, 0.05) is 5.41 Å². The molecule has 178 valence electrons. The van der Waals surface area contributed by atoms with Crippen LogP contribution in [0.15, 0.2) is 36.4 Å². The number of benzene rings is 2. The monoisotopic (exact) mass is 450 g/mol. The molecule has 0 saturated carbocycles. The molecule has 0 amide bonds. The molecule has 0 radical (unpaired) electrons. The summed E-state index contributed by atoms with van der Waals surface area (Å²) in [5, 5.41) is 20.8. The summed E-state index contributed by atoms with van der Waals surface area (Å²) in [4.78, 5) is 0. The molecule has 0 atom stereocenters. The fourth-order valence-electron chi connectivity index (χ4n) is 3.89. The van der Waals surface area contributed by atoms with Gasteiger partial charge in [0.05, 0.1) is 22.4 Å². The van der Waals surface area contributed by atoms with E-state index < -0.39 is 22.4 Å². The van der Waals surface area contributed by atoms with Crippen LogP contribution in [-0.4, -0.2) is 47.6 Å². The number of hydrogen-bond donors (Lipinski definition) is 2. The summed E-state index contributed by atoms with van der Waals surface area (Å²) in [6, 6.07) is 13.1. The Morgan fingerprint density at radius 3 is 1.27 bits per heavy atom. The molecule has 0 aromatic heterocycles. The van der Waals surface area contributed by atoms with E-state index in [2.05, 4.69) is 50.2 Å². The summed E-state index contributed by atoms with van der Waals surface area (Å²) in [6.07, 6.45) is 0. The summed E-state index contributed by atoms with van der Waals surface area (Å²) < 4.78 is 12.2. The van der Waals surface area contributed by atoms with Gasteiger partial charge in [-0.15, -0.1) is 0 Å². The minimum Gasteiger partial charge on any atom is -0.427 e. The minimum atomic E-state index is -0.933. The molecule has 1 aliphatic carbocycles. The lowest BCUT2D eigenvalue weighted by molar-refractivity contribution is -0.0893. The predicted octanol–water partition coefficient (Wildman–Crippen LogP) is 3.08. The van der Waals surface area contributed by atoms with Crippen LogP contribution in [0, 0.1) is 0 Å². The van der Waals surface area contributed by atoms with E-state index in [0.717, 1.165) is 10.9 Å². The molecule has 3 rings (SSSR count). The molecule has 0 spiro atoms. The van der Waals surface area contributed by atoms with Gasteiger partial charge < -0.3 is 19.5 Å². The summed E-state index contributed by atoms with van der Waals surface area (Å²) >= 11 is 0. The fraction of sp³-hybridized carbons (Fsp3) is 0.556. The van der Waals surface area contributed by atoms with Gasteiger partial charge in [-0.3, -0.25) is 0 Å². The van der Waals surface area contributed by atoms with Gasteiger partial charge in [0.15, 0.2) is 0 Å². The molecule has 2 N–H and O–H groups in total. The van der Waals surface area contributed by atoms with Crippen LogP contribution in [0.25, 0.3) is 11.1 Å². The van der Waals surface area contributed by atoms with Gasteiger partial charge >= 0.3 is 15.0 Å². The topological polar surface area (TPSA) is 58.9 Å². The van der Waals surface area contributed by atoms with Crippen molar-refractivity contribution in [2.75, 3.05) is 0 Å². The molecular weight excluding hydrogens is 410 g/mol. The van der Waals surface area contributed by atoms with Crippen molar-refractivity contribution in [3.8, 4) is 11.1 Å². The quantitative estimate of drug-likeness (QED) is 0.608. The smallest absolute Gasteiger partial charge is 0.309 e. The van der Waals surface area contributed by atoms with Gasteiger partial charge in [-0.1, -0.05) is 61.2 Å². The maximum absolute atomic E-state index is 10.4. The van der Waals surface area contributed by atoms with E-state index in [-0.39, 0.29) is 5.41 Å².